The molecule has 0 amide bonds. The van der Waals surface area contributed by atoms with Crippen molar-refractivity contribution < 1.29 is 37.9 Å². The molecule has 0 spiro atoms. The van der Waals surface area contributed by atoms with Gasteiger partial charge in [0.05, 0.1) is 6.20 Å². The summed E-state index contributed by atoms with van der Waals surface area (Å²) >= 11 is 1.23. The van der Waals surface area contributed by atoms with Crippen LogP contribution in [0.15, 0.2) is 47.1 Å². The maximum absolute atomic E-state index is 12.2. The van der Waals surface area contributed by atoms with Gasteiger partial charge in [-0.05, 0) is 12.1 Å². The van der Waals surface area contributed by atoms with E-state index in [1.165, 1.54) is 44.8 Å². The van der Waals surface area contributed by atoms with Gasteiger partial charge < -0.3 is 23.5 Å². The number of carbonyl (C=O) groups is 3. The van der Waals surface area contributed by atoms with Crippen LogP contribution in [0.5, 0.6) is 5.75 Å². The summed E-state index contributed by atoms with van der Waals surface area (Å²) in [6.07, 6.45) is -0.785. The number of rotatable bonds is 6. The van der Waals surface area contributed by atoms with E-state index in [1.54, 1.807) is 24.3 Å². The average molecular weight is 435 g/mol. The van der Waals surface area contributed by atoms with E-state index < -0.39 is 41.2 Å². The minimum atomic E-state index is -1.76. The molecule has 0 unspecified atom stereocenters. The zero-order valence-electron chi connectivity index (χ0n) is 16.6. The number of hydrogen-bond acceptors (Lipinski definition) is 10. The van der Waals surface area contributed by atoms with Gasteiger partial charge >= 0.3 is 17.9 Å². The molecule has 1 aromatic heterocycles. The number of nitrogens with zero attached hydrogens (tertiary/aromatic N) is 1. The highest BCUT2D eigenvalue weighted by Crippen LogP contribution is 2.48. The molecule has 1 fully saturated rings. The molecular weight excluding hydrogens is 414 g/mol. The average Bonchev–Trinajstić information content (AvgIpc) is 3.21. The second-order valence-electron chi connectivity index (χ2n) is 6.54. The lowest BCUT2D eigenvalue weighted by Crippen LogP contribution is -2.63. The number of hydrogen-bond donors (Lipinski definition) is 0. The lowest BCUT2D eigenvalue weighted by molar-refractivity contribution is -0.221. The van der Waals surface area contributed by atoms with Crippen molar-refractivity contribution in [1.29, 1.82) is 0 Å². The SMILES string of the molecule is CC(=O)O[C@@H]1CS[C@@H](Oc2ccccc2)[C@@](OC(C)=O)(c2ccno2)[C@H]1OC(C)=O. The first kappa shape index (κ1) is 21.7. The molecule has 1 aliphatic heterocycles. The molecular formula is C20H21NO8S. The summed E-state index contributed by atoms with van der Waals surface area (Å²) in [6, 6.07) is 10.4. The van der Waals surface area contributed by atoms with Gasteiger partial charge in [-0.2, -0.15) is 0 Å². The van der Waals surface area contributed by atoms with Crippen molar-refractivity contribution in [2.45, 2.75) is 44.0 Å². The van der Waals surface area contributed by atoms with Crippen LogP contribution in [0.3, 0.4) is 0 Å². The van der Waals surface area contributed by atoms with Crippen LogP contribution in [0.1, 0.15) is 26.5 Å². The molecule has 2 heterocycles. The number of para-hydroxylation sites is 1. The molecule has 0 N–H and O–H groups in total. The maximum atomic E-state index is 12.2. The van der Waals surface area contributed by atoms with Gasteiger partial charge in [0.15, 0.2) is 23.4 Å². The normalized spacial score (nSPS) is 25.8. The Morgan fingerprint density at radius 1 is 1.03 bits per heavy atom. The molecule has 1 aliphatic rings. The molecule has 3 rings (SSSR count). The van der Waals surface area contributed by atoms with Gasteiger partial charge in [-0.25, -0.2) is 0 Å². The topological polar surface area (TPSA) is 114 Å². The highest BCUT2D eigenvalue weighted by molar-refractivity contribution is 7.99. The Kier molecular flexibility index (Phi) is 6.66. The van der Waals surface area contributed by atoms with Crippen LogP contribution in [0.2, 0.25) is 0 Å². The van der Waals surface area contributed by atoms with Gasteiger partial charge in [0.2, 0.25) is 0 Å². The third-order valence-corrected chi connectivity index (χ3v) is 5.52. The minimum absolute atomic E-state index is 0.0919. The van der Waals surface area contributed by atoms with E-state index in [9.17, 15) is 14.4 Å². The molecule has 0 aliphatic carbocycles. The smallest absolute Gasteiger partial charge is 0.303 e. The molecule has 1 saturated heterocycles. The highest BCUT2D eigenvalue weighted by Gasteiger charge is 2.63. The zero-order chi connectivity index (χ0) is 21.7. The van der Waals surface area contributed by atoms with E-state index in [1.807, 2.05) is 6.07 Å². The molecule has 10 heteroatoms. The third kappa shape index (κ3) is 4.59. The molecule has 1 aromatic carbocycles. The Hall–Kier alpha value is -3.01. The van der Waals surface area contributed by atoms with E-state index in [4.69, 9.17) is 23.5 Å². The lowest BCUT2D eigenvalue weighted by atomic mass is 9.89. The van der Waals surface area contributed by atoms with Crippen LogP contribution in [0.4, 0.5) is 0 Å². The number of carbonyl (C=O) groups excluding carboxylic acids is 3. The second-order valence-corrected chi connectivity index (χ2v) is 7.63. The first-order chi connectivity index (χ1) is 14.3. The molecule has 0 radical (unpaired) electrons. The van der Waals surface area contributed by atoms with Crippen molar-refractivity contribution in [3.05, 3.63) is 48.4 Å². The predicted octanol–water partition coefficient (Wildman–Crippen LogP) is 2.45. The Bertz CT molecular complexity index is 887. The number of aromatic nitrogens is 1. The Balaban J connectivity index is 2.14. The fourth-order valence-electron chi connectivity index (χ4n) is 3.27. The number of benzene rings is 1. The van der Waals surface area contributed by atoms with Crippen LogP contribution < -0.4 is 4.74 Å². The van der Waals surface area contributed by atoms with Crippen molar-refractivity contribution in [3.8, 4) is 5.75 Å². The minimum Gasteiger partial charge on any atom is -0.475 e. The van der Waals surface area contributed by atoms with Crippen LogP contribution in [0, 0.1) is 0 Å². The molecule has 2 aromatic rings. The summed E-state index contributed by atoms with van der Waals surface area (Å²) in [7, 11) is 0. The molecule has 4 atom stereocenters. The highest BCUT2D eigenvalue weighted by atomic mass is 32.2. The maximum Gasteiger partial charge on any atom is 0.303 e. The third-order valence-electron chi connectivity index (χ3n) is 4.25. The van der Waals surface area contributed by atoms with Gasteiger partial charge in [0.1, 0.15) is 5.75 Å². The van der Waals surface area contributed by atoms with Gasteiger partial charge in [-0.3, -0.25) is 14.4 Å². The van der Waals surface area contributed by atoms with Crippen molar-refractivity contribution in [2.75, 3.05) is 5.75 Å². The predicted molar refractivity (Wildman–Crippen MR) is 104 cm³/mol. The quantitative estimate of drug-likeness (QED) is 0.495. The lowest BCUT2D eigenvalue weighted by Gasteiger charge is -2.47. The van der Waals surface area contributed by atoms with Gasteiger partial charge in [0, 0.05) is 32.6 Å². The van der Waals surface area contributed by atoms with Crippen molar-refractivity contribution in [3.63, 3.8) is 0 Å². The van der Waals surface area contributed by atoms with E-state index in [-0.39, 0.29) is 11.5 Å². The van der Waals surface area contributed by atoms with Crippen molar-refractivity contribution in [1.82, 2.24) is 5.16 Å². The van der Waals surface area contributed by atoms with Gasteiger partial charge in [-0.1, -0.05) is 23.4 Å². The number of thioether (sulfide) groups is 1. The summed E-state index contributed by atoms with van der Waals surface area (Å²) in [6.45, 7) is 3.66. The van der Waals surface area contributed by atoms with Crippen LogP contribution in [-0.4, -0.2) is 46.5 Å². The zero-order valence-corrected chi connectivity index (χ0v) is 17.4. The monoisotopic (exact) mass is 435 g/mol. The molecule has 160 valence electrons. The Morgan fingerprint density at radius 3 is 2.30 bits per heavy atom. The summed E-state index contributed by atoms with van der Waals surface area (Å²) in [5.41, 5.74) is -2.65. The largest absolute Gasteiger partial charge is 0.475 e. The molecule has 30 heavy (non-hydrogen) atoms. The van der Waals surface area contributed by atoms with Crippen LogP contribution in [-0.2, 0) is 34.2 Å². The first-order valence-corrected chi connectivity index (χ1v) is 10.2. The van der Waals surface area contributed by atoms with Crippen molar-refractivity contribution in [2.24, 2.45) is 0 Å². The van der Waals surface area contributed by atoms with E-state index >= 15 is 0 Å². The molecule has 0 bridgehead atoms. The number of ether oxygens (including phenoxy) is 4. The Morgan fingerprint density at radius 2 is 1.73 bits per heavy atom. The fourth-order valence-corrected chi connectivity index (χ4v) is 4.60. The van der Waals surface area contributed by atoms with Crippen LogP contribution in [0.25, 0.3) is 0 Å². The number of esters is 3. The van der Waals surface area contributed by atoms with E-state index in [0.29, 0.717) is 5.75 Å². The van der Waals surface area contributed by atoms with Gasteiger partial charge in [-0.15, -0.1) is 11.8 Å². The summed E-state index contributed by atoms with van der Waals surface area (Å²) in [5.74, 6) is -1.08. The summed E-state index contributed by atoms with van der Waals surface area (Å²) < 4.78 is 28.2. The van der Waals surface area contributed by atoms with Gasteiger partial charge in [0.25, 0.3) is 5.60 Å². The fraction of sp³-hybridized carbons (Fsp3) is 0.400. The van der Waals surface area contributed by atoms with E-state index in [2.05, 4.69) is 5.16 Å². The molecule has 9 nitrogen and oxygen atoms in total. The van der Waals surface area contributed by atoms with Crippen LogP contribution >= 0.6 is 11.8 Å². The standard InChI is InChI=1S/C20H21NO8S/c1-12(22)25-16-11-30-19(27-15-7-5-4-6-8-15)20(28-14(3)24,17-9-10-21-29-17)18(16)26-13(2)23/h4-10,16,18-19H,11H2,1-3H3/t16-,18+,19-,20-/m1/s1. The van der Waals surface area contributed by atoms with E-state index in [0.717, 1.165) is 0 Å². The Labute approximate surface area is 177 Å². The first-order valence-electron chi connectivity index (χ1n) is 9.11. The summed E-state index contributed by atoms with van der Waals surface area (Å²) in [4.78, 5) is 35.8. The van der Waals surface area contributed by atoms with Crippen molar-refractivity contribution >= 4 is 29.7 Å². The second kappa shape index (κ2) is 9.21. The molecule has 0 saturated carbocycles. The summed E-state index contributed by atoms with van der Waals surface area (Å²) in [5, 5.41) is 3.71.